The largest absolute Gasteiger partial charge is 0.480 e. The second kappa shape index (κ2) is 5.90. The summed E-state index contributed by atoms with van der Waals surface area (Å²) in [6.45, 7) is 3.92. The molecule has 0 bridgehead atoms. The van der Waals surface area contributed by atoms with E-state index in [0.29, 0.717) is 10.8 Å². The van der Waals surface area contributed by atoms with Gasteiger partial charge in [-0.2, -0.15) is 9.47 Å². The smallest absolute Gasteiger partial charge is 0.225 e. The van der Waals surface area contributed by atoms with E-state index in [1.54, 1.807) is 6.07 Å². The number of rotatable bonds is 6. The number of sulfonamides is 1. The Morgan fingerprint density at radius 1 is 1.45 bits per heavy atom. The number of H-pyrrole nitrogens is 1. The molecule has 0 unspecified atom stereocenters. The van der Waals surface area contributed by atoms with Crippen LogP contribution >= 0.6 is 11.5 Å². The fourth-order valence-corrected chi connectivity index (χ4v) is 3.80. The molecule has 2 N–H and O–H groups in total. The van der Waals surface area contributed by atoms with Crippen LogP contribution in [-0.4, -0.2) is 30.1 Å². The van der Waals surface area contributed by atoms with Crippen LogP contribution in [0.2, 0.25) is 0 Å². The summed E-state index contributed by atoms with van der Waals surface area (Å²) in [5.74, 6) is 0.325. The molecule has 0 aliphatic heterocycles. The number of hydrogen-bond acceptors (Lipinski definition) is 6. The van der Waals surface area contributed by atoms with Crippen LogP contribution in [0, 0.1) is 13.8 Å². The molecular formula is C11H16N4O3S2. The Labute approximate surface area is 121 Å². The zero-order valence-electron chi connectivity index (χ0n) is 11.4. The Hall–Kier alpha value is -1.45. The van der Waals surface area contributed by atoms with Gasteiger partial charge in [0.15, 0.2) is 0 Å². The van der Waals surface area contributed by atoms with Gasteiger partial charge in [0.25, 0.3) is 0 Å². The van der Waals surface area contributed by atoms with Crippen molar-refractivity contribution >= 4 is 21.6 Å². The molecule has 0 aromatic carbocycles. The molecule has 2 aromatic heterocycles. The minimum Gasteiger partial charge on any atom is -0.480 e. The maximum absolute atomic E-state index is 12.0. The number of nitrogens with zero attached hydrogens (tertiary/aromatic N) is 2. The van der Waals surface area contributed by atoms with Gasteiger partial charge in [-0.1, -0.05) is 0 Å². The molecule has 0 amide bonds. The zero-order valence-corrected chi connectivity index (χ0v) is 13.1. The van der Waals surface area contributed by atoms with Gasteiger partial charge >= 0.3 is 0 Å². The monoisotopic (exact) mass is 316 g/mol. The summed E-state index contributed by atoms with van der Waals surface area (Å²) in [4.78, 5) is 0.634. The highest BCUT2D eigenvalue weighted by Gasteiger charge is 2.16. The van der Waals surface area contributed by atoms with E-state index in [2.05, 4.69) is 19.3 Å². The van der Waals surface area contributed by atoms with E-state index in [1.807, 2.05) is 13.8 Å². The van der Waals surface area contributed by atoms with Gasteiger partial charge in [-0.05, 0) is 25.4 Å². The lowest BCUT2D eigenvalue weighted by Gasteiger charge is -2.05. The first-order valence-corrected chi connectivity index (χ1v) is 8.31. The lowest BCUT2D eigenvalue weighted by atomic mass is 10.2. The molecule has 2 aromatic rings. The highest BCUT2D eigenvalue weighted by molar-refractivity contribution is 7.88. The van der Waals surface area contributed by atoms with Crippen LogP contribution in [0.5, 0.6) is 5.88 Å². The summed E-state index contributed by atoms with van der Waals surface area (Å²) in [6, 6.07) is 1.62. The normalized spacial score (nSPS) is 11.8. The van der Waals surface area contributed by atoms with E-state index >= 15 is 0 Å². The Morgan fingerprint density at radius 2 is 2.20 bits per heavy atom. The summed E-state index contributed by atoms with van der Waals surface area (Å²) < 4.78 is 35.5. The topological polar surface area (TPSA) is 97.0 Å². The van der Waals surface area contributed by atoms with Crippen LogP contribution in [0.25, 0.3) is 0 Å². The number of hydrogen-bond donors (Lipinski definition) is 2. The third-order valence-electron chi connectivity index (χ3n) is 2.83. The minimum absolute atomic E-state index is 0.107. The quantitative estimate of drug-likeness (QED) is 0.832. The number of aromatic amines is 1. The standard InChI is InChI=1S/C11H16N4O3S2/c1-7-10(8(2)14-13-7)5-12-20(16,17)6-9-4-11(18-3)15-19-9/h4,12H,5-6H2,1-3H3,(H,13,14). The number of nitrogens with one attached hydrogen (secondary N) is 2. The molecule has 0 fully saturated rings. The van der Waals surface area contributed by atoms with Crippen LogP contribution in [0.15, 0.2) is 6.07 Å². The highest BCUT2D eigenvalue weighted by Crippen LogP contribution is 2.18. The Bertz CT molecular complexity index is 671. The molecule has 20 heavy (non-hydrogen) atoms. The molecule has 0 atom stereocenters. The summed E-state index contributed by atoms with van der Waals surface area (Å²) in [6.07, 6.45) is 0. The average molecular weight is 316 g/mol. The fraction of sp³-hybridized carbons (Fsp3) is 0.455. The molecule has 2 heterocycles. The van der Waals surface area contributed by atoms with Gasteiger partial charge in [0.1, 0.15) is 5.75 Å². The predicted molar refractivity (Wildman–Crippen MR) is 76.2 cm³/mol. The fourth-order valence-electron chi connectivity index (χ4n) is 1.71. The Kier molecular flexibility index (Phi) is 4.41. The van der Waals surface area contributed by atoms with Gasteiger partial charge in [-0.15, -0.1) is 0 Å². The van der Waals surface area contributed by atoms with E-state index in [1.165, 1.54) is 7.11 Å². The molecule has 0 radical (unpaired) electrons. The van der Waals surface area contributed by atoms with E-state index in [-0.39, 0.29) is 12.3 Å². The molecule has 9 heteroatoms. The molecule has 0 aliphatic rings. The van der Waals surface area contributed by atoms with Crippen molar-refractivity contribution in [3.05, 3.63) is 27.9 Å². The van der Waals surface area contributed by atoms with Crippen molar-refractivity contribution in [3.8, 4) is 5.88 Å². The van der Waals surface area contributed by atoms with Crippen LogP contribution in [0.3, 0.4) is 0 Å². The van der Waals surface area contributed by atoms with Gasteiger partial charge in [0.2, 0.25) is 15.9 Å². The summed E-state index contributed by atoms with van der Waals surface area (Å²) in [5, 5.41) is 6.86. The van der Waals surface area contributed by atoms with Crippen molar-refractivity contribution in [1.82, 2.24) is 19.3 Å². The number of aromatic nitrogens is 3. The van der Waals surface area contributed by atoms with E-state index < -0.39 is 10.0 Å². The van der Waals surface area contributed by atoms with Gasteiger partial charge in [-0.25, -0.2) is 13.1 Å². The zero-order chi connectivity index (χ0) is 14.8. The third-order valence-corrected chi connectivity index (χ3v) is 5.05. The van der Waals surface area contributed by atoms with Crippen LogP contribution in [-0.2, 0) is 22.3 Å². The summed E-state index contributed by atoms with van der Waals surface area (Å²) in [7, 11) is -1.92. The van der Waals surface area contributed by atoms with Crippen molar-refractivity contribution in [2.75, 3.05) is 7.11 Å². The first-order valence-electron chi connectivity index (χ1n) is 5.88. The number of ether oxygens (including phenoxy) is 1. The third kappa shape index (κ3) is 3.56. The van der Waals surface area contributed by atoms with Crippen molar-refractivity contribution in [1.29, 1.82) is 0 Å². The summed E-state index contributed by atoms with van der Waals surface area (Å²) >= 11 is 1.12. The van der Waals surface area contributed by atoms with Crippen LogP contribution in [0.1, 0.15) is 21.8 Å². The molecule has 7 nitrogen and oxygen atoms in total. The van der Waals surface area contributed by atoms with Crippen molar-refractivity contribution in [3.63, 3.8) is 0 Å². The highest BCUT2D eigenvalue weighted by atomic mass is 32.2. The van der Waals surface area contributed by atoms with Crippen molar-refractivity contribution in [2.45, 2.75) is 26.1 Å². The van der Waals surface area contributed by atoms with Gasteiger partial charge in [-0.3, -0.25) is 5.10 Å². The van der Waals surface area contributed by atoms with E-state index in [9.17, 15) is 8.42 Å². The lowest BCUT2D eigenvalue weighted by molar-refractivity contribution is 0.402. The number of aryl methyl sites for hydroxylation is 2. The molecular weight excluding hydrogens is 300 g/mol. The van der Waals surface area contributed by atoms with Gasteiger partial charge in [0.05, 0.1) is 12.8 Å². The molecule has 0 spiro atoms. The predicted octanol–water partition coefficient (Wildman–Crippen LogP) is 1.11. The minimum atomic E-state index is -3.42. The van der Waals surface area contributed by atoms with Crippen molar-refractivity contribution < 1.29 is 13.2 Å². The van der Waals surface area contributed by atoms with Crippen LogP contribution < -0.4 is 9.46 Å². The first kappa shape index (κ1) is 14.9. The maximum atomic E-state index is 12.0. The first-order chi connectivity index (χ1) is 9.41. The molecule has 0 saturated heterocycles. The van der Waals surface area contributed by atoms with Gasteiger partial charge in [0, 0.05) is 28.7 Å². The second-order valence-electron chi connectivity index (χ2n) is 4.33. The van der Waals surface area contributed by atoms with Crippen molar-refractivity contribution in [2.24, 2.45) is 0 Å². The maximum Gasteiger partial charge on any atom is 0.225 e. The van der Waals surface area contributed by atoms with Crippen LogP contribution in [0.4, 0.5) is 0 Å². The number of methoxy groups -OCH3 is 1. The van der Waals surface area contributed by atoms with E-state index in [0.717, 1.165) is 28.5 Å². The average Bonchev–Trinajstić information content (AvgIpc) is 2.94. The Morgan fingerprint density at radius 3 is 2.75 bits per heavy atom. The van der Waals surface area contributed by atoms with Gasteiger partial charge < -0.3 is 4.74 Å². The molecule has 0 aliphatic carbocycles. The van der Waals surface area contributed by atoms with E-state index in [4.69, 9.17) is 4.74 Å². The molecule has 2 rings (SSSR count). The second-order valence-corrected chi connectivity index (χ2v) is 7.02. The Balaban J connectivity index is 2.01. The lowest BCUT2D eigenvalue weighted by Crippen LogP contribution is -2.24. The summed E-state index contributed by atoms with van der Waals surface area (Å²) in [5.41, 5.74) is 2.53. The molecule has 0 saturated carbocycles. The SMILES string of the molecule is COc1cc(CS(=O)(=O)NCc2c(C)n[nH]c2C)sn1. The molecule has 110 valence electrons.